The molecule has 0 aliphatic carbocycles. The van der Waals surface area contributed by atoms with Gasteiger partial charge in [0.25, 0.3) is 0 Å². The van der Waals surface area contributed by atoms with Gasteiger partial charge < -0.3 is 15.2 Å². The monoisotopic (exact) mass is 333 g/mol. The smallest absolute Gasteiger partial charge is 0.184 e. The van der Waals surface area contributed by atoms with E-state index in [2.05, 4.69) is 22.7 Å². The second-order valence-corrected chi connectivity index (χ2v) is 5.00. The molecule has 0 saturated carbocycles. The number of rotatable bonds is 6. The fourth-order valence-electron chi connectivity index (χ4n) is 1.80. The summed E-state index contributed by atoms with van der Waals surface area (Å²) in [6.07, 6.45) is 1.56. The Morgan fingerprint density at radius 2 is 2.00 bits per heavy atom. The van der Waals surface area contributed by atoms with E-state index in [4.69, 9.17) is 15.2 Å². The lowest BCUT2D eigenvalue weighted by atomic mass is 10.2. The molecule has 0 unspecified atom stereocenters. The summed E-state index contributed by atoms with van der Waals surface area (Å²) in [6, 6.07) is 11.5. The highest BCUT2D eigenvalue weighted by atomic mass is 32.1. The molecule has 3 N–H and O–H groups in total. The van der Waals surface area contributed by atoms with Gasteiger partial charge >= 0.3 is 0 Å². The number of halogens is 1. The SMILES string of the molecule is COc1cc(C=NNC(N)=S)ccc1OCc1ccc(F)cc1. The van der Waals surface area contributed by atoms with Gasteiger partial charge in [0.15, 0.2) is 16.6 Å². The van der Waals surface area contributed by atoms with Crippen LogP contribution < -0.4 is 20.6 Å². The number of hydrazone groups is 1. The van der Waals surface area contributed by atoms with Crippen LogP contribution in [0.1, 0.15) is 11.1 Å². The molecule has 120 valence electrons. The molecule has 0 spiro atoms. The zero-order valence-corrected chi connectivity index (χ0v) is 13.3. The molecule has 7 heteroatoms. The largest absolute Gasteiger partial charge is 0.493 e. The number of nitrogens with zero attached hydrogens (tertiary/aromatic N) is 1. The normalized spacial score (nSPS) is 10.5. The minimum Gasteiger partial charge on any atom is -0.493 e. The number of benzene rings is 2. The summed E-state index contributed by atoms with van der Waals surface area (Å²) < 4.78 is 23.9. The van der Waals surface area contributed by atoms with Crippen molar-refractivity contribution in [3.63, 3.8) is 0 Å². The lowest BCUT2D eigenvalue weighted by molar-refractivity contribution is 0.284. The zero-order valence-electron chi connectivity index (χ0n) is 12.5. The molecule has 0 aromatic heterocycles. The Balaban J connectivity index is 2.05. The van der Waals surface area contributed by atoms with E-state index in [0.717, 1.165) is 11.1 Å². The molecular formula is C16H16FN3O2S. The van der Waals surface area contributed by atoms with Crippen molar-refractivity contribution in [1.29, 1.82) is 0 Å². The van der Waals surface area contributed by atoms with E-state index >= 15 is 0 Å². The molecule has 2 aromatic rings. The van der Waals surface area contributed by atoms with Crippen molar-refractivity contribution >= 4 is 23.5 Å². The van der Waals surface area contributed by atoms with E-state index in [0.29, 0.717) is 18.1 Å². The molecule has 0 aliphatic heterocycles. The molecular weight excluding hydrogens is 317 g/mol. The van der Waals surface area contributed by atoms with Crippen LogP contribution in [0.2, 0.25) is 0 Å². The maximum atomic E-state index is 12.9. The van der Waals surface area contributed by atoms with Gasteiger partial charge in [-0.15, -0.1) is 0 Å². The van der Waals surface area contributed by atoms with Gasteiger partial charge in [0.1, 0.15) is 12.4 Å². The van der Waals surface area contributed by atoms with E-state index in [9.17, 15) is 4.39 Å². The molecule has 0 radical (unpaired) electrons. The maximum absolute atomic E-state index is 12.9. The molecule has 5 nitrogen and oxygen atoms in total. The Kier molecular flexibility index (Phi) is 5.87. The van der Waals surface area contributed by atoms with Crippen LogP contribution in [0.5, 0.6) is 11.5 Å². The molecule has 0 saturated heterocycles. The molecule has 2 aromatic carbocycles. The lowest BCUT2D eigenvalue weighted by Gasteiger charge is -2.11. The van der Waals surface area contributed by atoms with E-state index < -0.39 is 0 Å². The third-order valence-corrected chi connectivity index (χ3v) is 2.97. The standard InChI is InChI=1S/C16H16FN3O2S/c1-21-15-8-12(9-19-20-16(18)23)4-7-14(15)22-10-11-2-5-13(17)6-3-11/h2-9H,10H2,1H3,(H3,18,20,23). The predicted octanol–water partition coefficient (Wildman–Crippen LogP) is 2.58. The number of hydrogen-bond acceptors (Lipinski definition) is 4. The van der Waals surface area contributed by atoms with Gasteiger partial charge in [0, 0.05) is 0 Å². The van der Waals surface area contributed by atoms with E-state index in [1.54, 1.807) is 37.6 Å². The first kappa shape index (κ1) is 16.7. The van der Waals surface area contributed by atoms with Crippen LogP contribution in [-0.4, -0.2) is 18.4 Å². The first-order chi connectivity index (χ1) is 11.1. The van der Waals surface area contributed by atoms with Crippen LogP contribution in [-0.2, 0) is 6.61 Å². The summed E-state index contributed by atoms with van der Waals surface area (Å²) in [5.74, 6) is 0.864. The van der Waals surface area contributed by atoms with Crippen molar-refractivity contribution in [2.45, 2.75) is 6.61 Å². The third-order valence-electron chi connectivity index (χ3n) is 2.88. The Hall–Kier alpha value is -2.67. The number of methoxy groups -OCH3 is 1. The van der Waals surface area contributed by atoms with Crippen molar-refractivity contribution in [2.75, 3.05) is 7.11 Å². The number of hydrogen-bond donors (Lipinski definition) is 2. The van der Waals surface area contributed by atoms with Crippen LogP contribution in [0.4, 0.5) is 4.39 Å². The van der Waals surface area contributed by atoms with Crippen molar-refractivity contribution in [3.05, 3.63) is 59.4 Å². The van der Waals surface area contributed by atoms with Gasteiger partial charge in [-0.2, -0.15) is 5.10 Å². The number of ether oxygens (including phenoxy) is 2. The lowest BCUT2D eigenvalue weighted by Crippen LogP contribution is -2.23. The highest BCUT2D eigenvalue weighted by Crippen LogP contribution is 2.28. The van der Waals surface area contributed by atoms with Gasteiger partial charge in [-0.05, 0) is 53.7 Å². The molecule has 0 atom stereocenters. The number of nitrogens with one attached hydrogen (secondary N) is 1. The molecule has 0 heterocycles. The summed E-state index contributed by atoms with van der Waals surface area (Å²) in [7, 11) is 1.55. The van der Waals surface area contributed by atoms with Crippen LogP contribution in [0, 0.1) is 5.82 Å². The van der Waals surface area contributed by atoms with Crippen molar-refractivity contribution < 1.29 is 13.9 Å². The van der Waals surface area contributed by atoms with E-state index in [-0.39, 0.29) is 10.9 Å². The van der Waals surface area contributed by atoms with Gasteiger partial charge in [0.2, 0.25) is 0 Å². The van der Waals surface area contributed by atoms with Gasteiger partial charge in [0.05, 0.1) is 13.3 Å². The fourth-order valence-corrected chi connectivity index (χ4v) is 1.85. The summed E-state index contributed by atoms with van der Waals surface area (Å²) in [5.41, 5.74) is 9.40. The van der Waals surface area contributed by atoms with Crippen LogP contribution >= 0.6 is 12.2 Å². The van der Waals surface area contributed by atoms with Gasteiger partial charge in [-0.1, -0.05) is 12.1 Å². The first-order valence-corrected chi connectivity index (χ1v) is 7.13. The van der Waals surface area contributed by atoms with Crippen LogP contribution in [0.3, 0.4) is 0 Å². The Morgan fingerprint density at radius 1 is 1.26 bits per heavy atom. The molecule has 0 aliphatic rings. The van der Waals surface area contributed by atoms with Crippen molar-refractivity contribution in [3.8, 4) is 11.5 Å². The van der Waals surface area contributed by atoms with Crippen molar-refractivity contribution in [1.82, 2.24) is 5.43 Å². The van der Waals surface area contributed by atoms with Crippen LogP contribution in [0.25, 0.3) is 0 Å². The zero-order chi connectivity index (χ0) is 16.7. The quantitative estimate of drug-likeness (QED) is 0.483. The van der Waals surface area contributed by atoms with Crippen LogP contribution in [0.15, 0.2) is 47.6 Å². The molecule has 0 amide bonds. The second-order valence-electron chi connectivity index (χ2n) is 4.56. The third kappa shape index (κ3) is 5.23. The Bertz CT molecular complexity index is 705. The number of nitrogens with two attached hydrogens (primary N) is 1. The maximum Gasteiger partial charge on any atom is 0.184 e. The fraction of sp³-hybridized carbons (Fsp3) is 0.125. The highest BCUT2D eigenvalue weighted by molar-refractivity contribution is 7.80. The molecule has 2 rings (SSSR count). The average Bonchev–Trinajstić information content (AvgIpc) is 2.54. The summed E-state index contributed by atoms with van der Waals surface area (Å²) >= 11 is 4.65. The average molecular weight is 333 g/mol. The minimum atomic E-state index is -0.277. The summed E-state index contributed by atoms with van der Waals surface area (Å²) in [4.78, 5) is 0. The topological polar surface area (TPSA) is 68.9 Å². The van der Waals surface area contributed by atoms with E-state index in [1.165, 1.54) is 12.1 Å². The Labute approximate surface area is 138 Å². The second kappa shape index (κ2) is 8.09. The molecule has 23 heavy (non-hydrogen) atoms. The molecule has 0 bridgehead atoms. The summed E-state index contributed by atoms with van der Waals surface area (Å²) in [5, 5.41) is 3.97. The predicted molar refractivity (Wildman–Crippen MR) is 91.2 cm³/mol. The molecule has 0 fully saturated rings. The highest BCUT2D eigenvalue weighted by Gasteiger charge is 2.06. The van der Waals surface area contributed by atoms with Gasteiger partial charge in [-0.3, -0.25) is 5.43 Å². The van der Waals surface area contributed by atoms with Crippen molar-refractivity contribution in [2.24, 2.45) is 10.8 Å². The van der Waals surface area contributed by atoms with E-state index in [1.807, 2.05) is 6.07 Å². The Morgan fingerprint density at radius 3 is 2.65 bits per heavy atom. The van der Waals surface area contributed by atoms with Gasteiger partial charge in [-0.25, -0.2) is 4.39 Å². The minimum absolute atomic E-state index is 0.0902. The number of thiocarbonyl (C=S) groups is 1. The summed E-state index contributed by atoms with van der Waals surface area (Å²) in [6.45, 7) is 0.313. The first-order valence-electron chi connectivity index (χ1n) is 6.72.